The lowest BCUT2D eigenvalue weighted by molar-refractivity contribution is 1.20. The number of benzene rings is 6. The largest absolute Gasteiger partial charge is 0.309 e. The molecule has 8 rings (SSSR count). The number of rotatable bonds is 4. The minimum atomic E-state index is 0.742. The normalized spacial score (nSPS) is 11.9. The van der Waals surface area contributed by atoms with Gasteiger partial charge in [0.2, 0.25) is 0 Å². The van der Waals surface area contributed by atoms with Crippen molar-refractivity contribution in [3.8, 4) is 44.9 Å². The molecule has 1 aliphatic heterocycles. The zero-order valence-electron chi connectivity index (χ0n) is 22.3. The van der Waals surface area contributed by atoms with E-state index >= 15 is 0 Å². The van der Waals surface area contributed by atoms with E-state index in [1.54, 1.807) is 0 Å². The number of hydrogen-bond donors (Lipinski definition) is 0. The SMILES string of the molecule is c1ccc(-c2cc(-c3ccccc3)cc(N3c4ccccc4-c4nc(-c5ccccc5)nc5cccc3c45)c2)cc1. The molecule has 3 heteroatoms. The molecule has 192 valence electrons. The molecule has 7 aromatic rings. The maximum Gasteiger partial charge on any atom is 0.160 e. The first-order valence-electron chi connectivity index (χ1n) is 13.9. The van der Waals surface area contributed by atoms with Gasteiger partial charge in [0.15, 0.2) is 5.82 Å². The maximum atomic E-state index is 5.16. The molecule has 0 radical (unpaired) electrons. The number of hydrogen-bond acceptors (Lipinski definition) is 3. The molecular weight excluding hydrogens is 498 g/mol. The summed E-state index contributed by atoms with van der Waals surface area (Å²) in [7, 11) is 0. The van der Waals surface area contributed by atoms with Gasteiger partial charge in [-0.05, 0) is 58.7 Å². The summed E-state index contributed by atoms with van der Waals surface area (Å²) in [6.07, 6.45) is 0. The molecule has 3 nitrogen and oxygen atoms in total. The Balaban J connectivity index is 1.41. The van der Waals surface area contributed by atoms with Crippen LogP contribution in [0, 0.1) is 0 Å². The van der Waals surface area contributed by atoms with Crippen molar-refractivity contribution < 1.29 is 0 Å². The van der Waals surface area contributed by atoms with E-state index in [4.69, 9.17) is 9.97 Å². The highest BCUT2D eigenvalue weighted by Gasteiger charge is 2.28. The van der Waals surface area contributed by atoms with Crippen molar-refractivity contribution >= 4 is 28.0 Å². The maximum absolute atomic E-state index is 5.16. The van der Waals surface area contributed by atoms with Crippen LogP contribution < -0.4 is 4.90 Å². The second-order valence-corrected chi connectivity index (χ2v) is 10.3. The van der Waals surface area contributed by atoms with E-state index in [2.05, 4.69) is 138 Å². The number of fused-ring (bicyclic) bond motifs is 2. The van der Waals surface area contributed by atoms with Gasteiger partial charge in [-0.3, -0.25) is 0 Å². The van der Waals surface area contributed by atoms with Crippen LogP contribution in [-0.2, 0) is 0 Å². The molecule has 0 amide bonds. The van der Waals surface area contributed by atoms with E-state index < -0.39 is 0 Å². The highest BCUT2D eigenvalue weighted by Crippen LogP contribution is 2.51. The van der Waals surface area contributed by atoms with Crippen LogP contribution in [0.2, 0.25) is 0 Å². The van der Waals surface area contributed by atoms with Gasteiger partial charge in [-0.25, -0.2) is 9.97 Å². The van der Waals surface area contributed by atoms with E-state index in [-0.39, 0.29) is 0 Å². The molecular formula is C38H25N3. The first kappa shape index (κ1) is 23.4. The van der Waals surface area contributed by atoms with Crippen LogP contribution in [0.3, 0.4) is 0 Å². The van der Waals surface area contributed by atoms with Gasteiger partial charge >= 0.3 is 0 Å². The fourth-order valence-corrected chi connectivity index (χ4v) is 5.87. The second kappa shape index (κ2) is 9.58. The van der Waals surface area contributed by atoms with E-state index in [1.165, 1.54) is 22.3 Å². The van der Waals surface area contributed by atoms with Gasteiger partial charge in [-0.2, -0.15) is 0 Å². The predicted molar refractivity (Wildman–Crippen MR) is 170 cm³/mol. The first-order chi connectivity index (χ1) is 20.3. The molecule has 2 heterocycles. The molecule has 6 aromatic carbocycles. The Morgan fingerprint density at radius 1 is 0.415 bits per heavy atom. The van der Waals surface area contributed by atoms with Crippen molar-refractivity contribution in [1.29, 1.82) is 0 Å². The number of aromatic nitrogens is 2. The Bertz CT molecular complexity index is 1980. The van der Waals surface area contributed by atoms with Crippen LogP contribution >= 0.6 is 0 Å². The van der Waals surface area contributed by atoms with Gasteiger partial charge in [0.25, 0.3) is 0 Å². The summed E-state index contributed by atoms with van der Waals surface area (Å²) in [5, 5.41) is 1.07. The smallest absolute Gasteiger partial charge is 0.160 e. The Labute approximate surface area is 239 Å². The van der Waals surface area contributed by atoms with Crippen molar-refractivity contribution in [2.45, 2.75) is 0 Å². The third-order valence-electron chi connectivity index (χ3n) is 7.76. The minimum absolute atomic E-state index is 0.742. The molecule has 0 saturated carbocycles. The van der Waals surface area contributed by atoms with E-state index in [0.717, 1.165) is 50.6 Å². The van der Waals surface area contributed by atoms with Crippen LogP contribution in [0.15, 0.2) is 152 Å². The van der Waals surface area contributed by atoms with E-state index in [0.29, 0.717) is 0 Å². The summed E-state index contributed by atoms with van der Waals surface area (Å²) < 4.78 is 0. The minimum Gasteiger partial charge on any atom is -0.309 e. The van der Waals surface area contributed by atoms with Gasteiger partial charge in [0, 0.05) is 16.8 Å². The Morgan fingerprint density at radius 2 is 0.976 bits per heavy atom. The summed E-state index contributed by atoms with van der Waals surface area (Å²) in [5.74, 6) is 0.742. The third-order valence-corrected chi connectivity index (χ3v) is 7.76. The highest BCUT2D eigenvalue weighted by molar-refractivity contribution is 6.12. The zero-order chi connectivity index (χ0) is 27.2. The molecule has 1 aromatic heterocycles. The Hall–Kier alpha value is -5.54. The molecule has 41 heavy (non-hydrogen) atoms. The zero-order valence-corrected chi connectivity index (χ0v) is 22.3. The van der Waals surface area contributed by atoms with E-state index in [1.807, 2.05) is 18.2 Å². The number of nitrogens with zero attached hydrogens (tertiary/aromatic N) is 3. The van der Waals surface area contributed by atoms with Crippen molar-refractivity contribution in [2.24, 2.45) is 0 Å². The second-order valence-electron chi connectivity index (χ2n) is 10.3. The van der Waals surface area contributed by atoms with Crippen LogP contribution in [0.4, 0.5) is 17.1 Å². The van der Waals surface area contributed by atoms with Gasteiger partial charge in [-0.15, -0.1) is 0 Å². The fraction of sp³-hybridized carbons (Fsp3) is 0. The molecule has 1 aliphatic rings. The quantitative estimate of drug-likeness (QED) is 0.230. The molecule has 0 N–H and O–H groups in total. The Kier molecular flexibility index (Phi) is 5.46. The van der Waals surface area contributed by atoms with Crippen molar-refractivity contribution in [3.05, 3.63) is 152 Å². The summed E-state index contributed by atoms with van der Waals surface area (Å²) in [6.45, 7) is 0. The van der Waals surface area contributed by atoms with Crippen LogP contribution in [0.25, 0.3) is 55.8 Å². The standard InChI is InChI=1S/C38H25N3/c1-4-13-26(14-5-1)29-23-30(27-15-6-2-7-16-27)25-31(24-29)41-34-21-11-10-19-32(34)37-36-33(20-12-22-35(36)41)39-38(40-37)28-17-8-3-9-18-28/h1-25H. The van der Waals surface area contributed by atoms with Crippen molar-refractivity contribution in [2.75, 3.05) is 4.90 Å². The average Bonchev–Trinajstić information content (AvgIpc) is 3.06. The lowest BCUT2D eigenvalue weighted by Crippen LogP contribution is -2.16. The van der Waals surface area contributed by atoms with Crippen LogP contribution in [-0.4, -0.2) is 9.97 Å². The monoisotopic (exact) mass is 523 g/mol. The fourth-order valence-electron chi connectivity index (χ4n) is 5.87. The van der Waals surface area contributed by atoms with Gasteiger partial charge in [0.1, 0.15) is 0 Å². The lowest BCUT2D eigenvalue weighted by Gasteiger charge is -2.33. The predicted octanol–water partition coefficient (Wildman–Crippen LogP) is 10.1. The van der Waals surface area contributed by atoms with Crippen molar-refractivity contribution in [1.82, 2.24) is 9.97 Å². The molecule has 0 unspecified atom stereocenters. The highest BCUT2D eigenvalue weighted by atomic mass is 15.2. The van der Waals surface area contributed by atoms with E-state index in [9.17, 15) is 0 Å². The third kappa shape index (κ3) is 3.98. The molecule has 0 aliphatic carbocycles. The Morgan fingerprint density at radius 3 is 1.63 bits per heavy atom. The summed E-state index contributed by atoms with van der Waals surface area (Å²) in [6, 6.07) is 53.3. The summed E-state index contributed by atoms with van der Waals surface area (Å²) in [4.78, 5) is 12.6. The van der Waals surface area contributed by atoms with Gasteiger partial charge in [-0.1, -0.05) is 115 Å². The van der Waals surface area contributed by atoms with Gasteiger partial charge in [0.05, 0.1) is 28.0 Å². The van der Waals surface area contributed by atoms with Gasteiger partial charge < -0.3 is 4.90 Å². The molecule has 0 bridgehead atoms. The summed E-state index contributed by atoms with van der Waals surface area (Å²) >= 11 is 0. The summed E-state index contributed by atoms with van der Waals surface area (Å²) in [5.41, 5.74) is 12.0. The molecule has 0 atom stereocenters. The first-order valence-corrected chi connectivity index (χ1v) is 13.9. The average molecular weight is 524 g/mol. The van der Waals surface area contributed by atoms with Crippen LogP contribution in [0.1, 0.15) is 0 Å². The molecule has 0 fully saturated rings. The number of anilines is 3. The molecule has 0 saturated heterocycles. The van der Waals surface area contributed by atoms with Crippen LogP contribution in [0.5, 0.6) is 0 Å². The molecule has 0 spiro atoms. The number of para-hydroxylation sites is 1. The van der Waals surface area contributed by atoms with Crippen molar-refractivity contribution in [3.63, 3.8) is 0 Å². The topological polar surface area (TPSA) is 29.0 Å². The lowest BCUT2D eigenvalue weighted by atomic mass is 9.94.